The summed E-state index contributed by atoms with van der Waals surface area (Å²) in [6.07, 6.45) is 8.93. The predicted molar refractivity (Wildman–Crippen MR) is 99.5 cm³/mol. The first-order valence-corrected chi connectivity index (χ1v) is 7.72. The van der Waals surface area contributed by atoms with Crippen molar-refractivity contribution in [1.82, 2.24) is 4.98 Å². The molecule has 1 aromatic carbocycles. The van der Waals surface area contributed by atoms with E-state index in [1.165, 1.54) is 16.7 Å². The van der Waals surface area contributed by atoms with Crippen LogP contribution >= 0.6 is 0 Å². The van der Waals surface area contributed by atoms with E-state index in [9.17, 15) is 0 Å². The third-order valence-corrected chi connectivity index (χ3v) is 3.97. The zero-order chi connectivity index (χ0) is 16.4. The molecule has 0 radical (unpaired) electrons. The van der Waals surface area contributed by atoms with Crippen LogP contribution in [-0.2, 0) is 6.42 Å². The van der Waals surface area contributed by atoms with Crippen LogP contribution < -0.4 is 4.74 Å². The Hall–Kier alpha value is -2.74. The highest BCUT2D eigenvalue weighted by molar-refractivity contribution is 5.86. The van der Waals surface area contributed by atoms with E-state index in [0.29, 0.717) is 6.61 Å². The minimum absolute atomic E-state index is 0.545. The Kier molecular flexibility index (Phi) is 4.07. The lowest BCUT2D eigenvalue weighted by atomic mass is 10.0. The molecule has 0 aliphatic heterocycles. The number of nitrogens with one attached hydrogen (secondary N) is 1. The molecule has 0 saturated carbocycles. The monoisotopic (exact) mass is 303 g/mol. The Morgan fingerprint density at radius 3 is 2.83 bits per heavy atom. The molecule has 3 rings (SSSR count). The average molecular weight is 303 g/mol. The number of hydrogen-bond acceptors (Lipinski definition) is 1. The van der Waals surface area contributed by atoms with E-state index in [4.69, 9.17) is 4.74 Å². The zero-order valence-electron chi connectivity index (χ0n) is 13.5. The largest absolute Gasteiger partial charge is 0.489 e. The molecule has 0 amide bonds. The van der Waals surface area contributed by atoms with Crippen LogP contribution in [0.25, 0.3) is 29.5 Å². The SMILES string of the molecule is C=Cc1[nH]c2c(c1C=C)C=CCc1cc(OCC(=C)C)ccc1-2. The third kappa shape index (κ3) is 2.80. The van der Waals surface area contributed by atoms with Gasteiger partial charge in [0.25, 0.3) is 0 Å². The number of aromatic amines is 1. The maximum atomic E-state index is 5.77. The van der Waals surface area contributed by atoms with Gasteiger partial charge < -0.3 is 9.72 Å². The molecule has 0 saturated heterocycles. The summed E-state index contributed by atoms with van der Waals surface area (Å²) in [5, 5.41) is 0. The lowest BCUT2D eigenvalue weighted by Crippen LogP contribution is -1.98. The van der Waals surface area contributed by atoms with E-state index in [0.717, 1.165) is 34.7 Å². The van der Waals surface area contributed by atoms with Crippen molar-refractivity contribution in [2.24, 2.45) is 0 Å². The summed E-state index contributed by atoms with van der Waals surface area (Å²) in [5.74, 6) is 0.878. The summed E-state index contributed by atoms with van der Waals surface area (Å²) < 4.78 is 5.77. The molecule has 0 unspecified atom stereocenters. The second kappa shape index (κ2) is 6.17. The number of benzene rings is 1. The Bertz CT molecular complexity index is 821. The molecule has 1 aliphatic rings. The molecule has 0 bridgehead atoms. The average Bonchev–Trinajstić information content (AvgIpc) is 2.81. The van der Waals surface area contributed by atoms with E-state index in [1.807, 2.05) is 25.1 Å². The molecule has 0 spiro atoms. The highest BCUT2D eigenvalue weighted by Gasteiger charge is 2.18. The van der Waals surface area contributed by atoms with Gasteiger partial charge in [0.15, 0.2) is 0 Å². The smallest absolute Gasteiger partial charge is 0.120 e. The van der Waals surface area contributed by atoms with Gasteiger partial charge in [0, 0.05) is 22.4 Å². The van der Waals surface area contributed by atoms with Gasteiger partial charge in [-0.15, -0.1) is 0 Å². The highest BCUT2D eigenvalue weighted by atomic mass is 16.5. The molecule has 2 heteroatoms. The van der Waals surface area contributed by atoms with Gasteiger partial charge in [-0.25, -0.2) is 0 Å². The van der Waals surface area contributed by atoms with Crippen LogP contribution in [0.2, 0.25) is 0 Å². The van der Waals surface area contributed by atoms with Crippen LogP contribution in [0.5, 0.6) is 5.75 Å². The maximum absolute atomic E-state index is 5.77. The fraction of sp³-hybridized carbons (Fsp3) is 0.143. The van der Waals surface area contributed by atoms with Crippen LogP contribution in [0.4, 0.5) is 0 Å². The number of rotatable bonds is 5. The molecular formula is C21H21NO. The Morgan fingerprint density at radius 2 is 2.13 bits per heavy atom. The Morgan fingerprint density at radius 1 is 1.30 bits per heavy atom. The number of allylic oxidation sites excluding steroid dienone is 1. The van der Waals surface area contributed by atoms with Gasteiger partial charge in [0.1, 0.15) is 12.4 Å². The molecule has 0 atom stereocenters. The van der Waals surface area contributed by atoms with Gasteiger partial charge in [0.2, 0.25) is 0 Å². The van der Waals surface area contributed by atoms with E-state index in [1.54, 1.807) is 0 Å². The Labute approximate surface area is 137 Å². The fourth-order valence-corrected chi connectivity index (χ4v) is 2.90. The summed E-state index contributed by atoms with van der Waals surface area (Å²) in [6.45, 7) is 14.2. The van der Waals surface area contributed by atoms with E-state index >= 15 is 0 Å². The first-order valence-electron chi connectivity index (χ1n) is 7.72. The van der Waals surface area contributed by atoms with Crippen LogP contribution in [0, 0.1) is 0 Å². The number of fused-ring (bicyclic) bond motifs is 3. The topological polar surface area (TPSA) is 25.0 Å². The fourth-order valence-electron chi connectivity index (χ4n) is 2.90. The van der Waals surface area contributed by atoms with Gasteiger partial charge in [-0.2, -0.15) is 0 Å². The molecule has 1 N–H and O–H groups in total. The second-order valence-corrected chi connectivity index (χ2v) is 5.82. The van der Waals surface area contributed by atoms with Gasteiger partial charge in [-0.3, -0.25) is 0 Å². The summed E-state index contributed by atoms with van der Waals surface area (Å²) in [4.78, 5) is 3.47. The molecule has 116 valence electrons. The van der Waals surface area contributed by atoms with Crippen molar-refractivity contribution in [1.29, 1.82) is 0 Å². The second-order valence-electron chi connectivity index (χ2n) is 5.82. The highest BCUT2D eigenvalue weighted by Crippen LogP contribution is 2.36. The summed E-state index contributed by atoms with van der Waals surface area (Å²) in [7, 11) is 0. The van der Waals surface area contributed by atoms with Crippen molar-refractivity contribution in [3.05, 3.63) is 72.0 Å². The van der Waals surface area contributed by atoms with Crippen LogP contribution in [0.1, 0.15) is 29.3 Å². The summed E-state index contributed by atoms with van der Waals surface area (Å²) >= 11 is 0. The number of hydrogen-bond donors (Lipinski definition) is 1. The van der Waals surface area contributed by atoms with Gasteiger partial charge in [-0.1, -0.05) is 38.0 Å². The van der Waals surface area contributed by atoms with Crippen LogP contribution in [0.3, 0.4) is 0 Å². The third-order valence-electron chi connectivity index (χ3n) is 3.97. The number of H-pyrrole nitrogens is 1. The van der Waals surface area contributed by atoms with Gasteiger partial charge in [-0.05, 0) is 48.8 Å². The van der Waals surface area contributed by atoms with Crippen molar-refractivity contribution < 1.29 is 4.74 Å². The number of ether oxygens (including phenoxy) is 1. The van der Waals surface area contributed by atoms with Crippen molar-refractivity contribution in [3.63, 3.8) is 0 Å². The maximum Gasteiger partial charge on any atom is 0.120 e. The molecule has 2 aromatic rings. The van der Waals surface area contributed by atoms with Crippen LogP contribution in [-0.4, -0.2) is 11.6 Å². The zero-order valence-corrected chi connectivity index (χ0v) is 13.5. The predicted octanol–water partition coefficient (Wildman–Crippen LogP) is 5.49. The van der Waals surface area contributed by atoms with Crippen molar-refractivity contribution in [2.45, 2.75) is 13.3 Å². The van der Waals surface area contributed by atoms with Crippen molar-refractivity contribution in [3.8, 4) is 17.0 Å². The lowest BCUT2D eigenvalue weighted by molar-refractivity contribution is 0.352. The van der Waals surface area contributed by atoms with Crippen molar-refractivity contribution >= 4 is 18.2 Å². The molecular weight excluding hydrogens is 282 g/mol. The van der Waals surface area contributed by atoms with Gasteiger partial charge in [0.05, 0.1) is 5.69 Å². The molecule has 2 nitrogen and oxygen atoms in total. The molecule has 0 fully saturated rings. The molecule has 1 aromatic heterocycles. The normalized spacial score (nSPS) is 12.0. The molecule has 23 heavy (non-hydrogen) atoms. The molecule has 1 heterocycles. The first-order chi connectivity index (χ1) is 11.1. The van der Waals surface area contributed by atoms with E-state index in [-0.39, 0.29) is 0 Å². The number of aromatic nitrogens is 1. The standard InChI is InChI=1S/C21H21NO/c1-5-17-19-9-7-8-15-12-16(23-13-14(3)4)10-11-18(15)21(19)22-20(17)6-2/h5-7,9-12,22H,1-3,8,13H2,4H3. The minimum Gasteiger partial charge on any atom is -0.489 e. The lowest BCUT2D eigenvalue weighted by Gasteiger charge is -2.11. The molecule has 1 aliphatic carbocycles. The quantitative estimate of drug-likeness (QED) is 0.726. The van der Waals surface area contributed by atoms with Crippen LogP contribution in [0.15, 0.2) is 49.6 Å². The van der Waals surface area contributed by atoms with Gasteiger partial charge >= 0.3 is 0 Å². The Balaban J connectivity index is 2.07. The van der Waals surface area contributed by atoms with Crippen molar-refractivity contribution in [2.75, 3.05) is 6.61 Å². The minimum atomic E-state index is 0.545. The first kappa shape index (κ1) is 15.2. The van der Waals surface area contributed by atoms with E-state index in [2.05, 4.69) is 49.0 Å². The summed E-state index contributed by atoms with van der Waals surface area (Å²) in [5.41, 5.74) is 7.84. The van der Waals surface area contributed by atoms with E-state index < -0.39 is 0 Å². The summed E-state index contributed by atoms with van der Waals surface area (Å²) in [6, 6.07) is 6.24.